The van der Waals surface area contributed by atoms with Gasteiger partial charge in [0.25, 0.3) is 0 Å². The van der Waals surface area contributed by atoms with Crippen LogP contribution in [-0.4, -0.2) is 42.4 Å². The van der Waals surface area contributed by atoms with Crippen molar-refractivity contribution in [2.24, 2.45) is 23.2 Å². The summed E-state index contributed by atoms with van der Waals surface area (Å²) in [6.45, 7) is 7.52. The van der Waals surface area contributed by atoms with E-state index < -0.39 is 6.10 Å². The number of benzene rings is 1. The smallest absolute Gasteiger partial charge is 0.223 e. The monoisotopic (exact) mass is 488 g/mol. The lowest BCUT2D eigenvalue weighted by atomic mass is 9.53. The number of hydrogen-bond acceptors (Lipinski definition) is 6. The molecule has 1 saturated carbocycles. The average molecular weight is 489 g/mol. The van der Waals surface area contributed by atoms with Crippen molar-refractivity contribution in [1.29, 1.82) is 0 Å². The molecule has 0 spiro atoms. The predicted molar refractivity (Wildman–Crippen MR) is 135 cm³/mol. The van der Waals surface area contributed by atoms with Crippen LogP contribution < -0.4 is 5.32 Å². The summed E-state index contributed by atoms with van der Waals surface area (Å²) in [4.78, 5) is 20.4. The Morgan fingerprint density at radius 3 is 2.88 bits per heavy atom. The van der Waals surface area contributed by atoms with Crippen LogP contribution in [0.3, 0.4) is 0 Å². The molecule has 1 aromatic heterocycles. The molecule has 33 heavy (non-hydrogen) atoms. The van der Waals surface area contributed by atoms with Gasteiger partial charge in [-0.2, -0.15) is 0 Å². The van der Waals surface area contributed by atoms with Crippen LogP contribution in [0.25, 0.3) is 0 Å². The molecule has 2 aliphatic rings. The van der Waals surface area contributed by atoms with Gasteiger partial charge >= 0.3 is 0 Å². The van der Waals surface area contributed by atoms with Crippen LogP contribution in [0.1, 0.15) is 55.1 Å². The number of nitrogens with zero attached hydrogens (tertiary/aromatic N) is 1. The second-order valence-corrected chi connectivity index (χ2v) is 12.1. The molecule has 1 amide bonds. The number of carbonyl (C=O) groups is 1. The molecule has 0 saturated heterocycles. The fourth-order valence-corrected chi connectivity index (χ4v) is 8.24. The van der Waals surface area contributed by atoms with Gasteiger partial charge in [-0.15, -0.1) is 23.1 Å². The summed E-state index contributed by atoms with van der Waals surface area (Å²) in [5, 5.41) is 15.7. The highest BCUT2D eigenvalue weighted by Gasteiger charge is 2.53. The third-order valence-corrected chi connectivity index (χ3v) is 10.0. The highest BCUT2D eigenvalue weighted by atomic mass is 32.2. The molecule has 2 aromatic rings. The van der Waals surface area contributed by atoms with E-state index in [0.717, 1.165) is 25.0 Å². The molecule has 0 bridgehead atoms. The Bertz CT molecular complexity index is 950. The average Bonchev–Trinajstić information content (AvgIpc) is 3.20. The van der Waals surface area contributed by atoms with Gasteiger partial charge in [0.15, 0.2) is 0 Å². The maximum atomic E-state index is 12.7. The summed E-state index contributed by atoms with van der Waals surface area (Å²) in [6.07, 6.45) is 2.39. The summed E-state index contributed by atoms with van der Waals surface area (Å²) in [6, 6.07) is 10.5. The molecule has 6 atom stereocenters. The highest BCUT2D eigenvalue weighted by Crippen LogP contribution is 2.57. The Hall–Kier alpha value is -1.41. The lowest BCUT2D eigenvalue weighted by Gasteiger charge is -2.53. The third kappa shape index (κ3) is 5.16. The molecule has 4 rings (SSSR count). The van der Waals surface area contributed by atoms with Crippen molar-refractivity contribution in [3.8, 4) is 0 Å². The van der Waals surface area contributed by atoms with Crippen LogP contribution in [0.2, 0.25) is 0 Å². The van der Waals surface area contributed by atoms with Crippen LogP contribution >= 0.6 is 23.1 Å². The van der Waals surface area contributed by atoms with E-state index in [9.17, 15) is 9.90 Å². The van der Waals surface area contributed by atoms with Gasteiger partial charge < -0.3 is 15.2 Å². The maximum absolute atomic E-state index is 12.7. The van der Waals surface area contributed by atoms with Crippen LogP contribution in [0.4, 0.5) is 0 Å². The summed E-state index contributed by atoms with van der Waals surface area (Å²) in [5.41, 5.74) is 1.22. The van der Waals surface area contributed by atoms with Gasteiger partial charge in [-0.1, -0.05) is 39.0 Å². The molecule has 0 radical (unpaired) electrons. The molecule has 2 aliphatic carbocycles. The Kier molecular flexibility index (Phi) is 7.83. The van der Waals surface area contributed by atoms with Crippen molar-refractivity contribution in [2.75, 3.05) is 20.3 Å². The fourth-order valence-electron chi connectivity index (χ4n) is 5.95. The number of nitrogens with one attached hydrogen (secondary N) is 1. The first-order chi connectivity index (χ1) is 15.8. The van der Waals surface area contributed by atoms with E-state index in [4.69, 9.17) is 9.72 Å². The molecule has 1 heterocycles. The number of rotatable bonds is 8. The molecule has 2 N–H and O–H groups in total. The molecule has 1 fully saturated rings. The highest BCUT2D eigenvalue weighted by molar-refractivity contribution is 7.98. The van der Waals surface area contributed by atoms with Crippen LogP contribution in [0.15, 0.2) is 35.2 Å². The number of hydrogen-bond donors (Lipinski definition) is 2. The van der Waals surface area contributed by atoms with Crippen LogP contribution in [0.5, 0.6) is 0 Å². The minimum absolute atomic E-state index is 0.0118. The van der Waals surface area contributed by atoms with Crippen molar-refractivity contribution < 1.29 is 14.6 Å². The zero-order chi connectivity index (χ0) is 23.6. The second kappa shape index (κ2) is 10.5. The van der Waals surface area contributed by atoms with E-state index in [1.807, 2.05) is 36.1 Å². The van der Waals surface area contributed by atoms with Crippen LogP contribution in [0, 0.1) is 23.2 Å². The van der Waals surface area contributed by atoms with Gasteiger partial charge in [0.2, 0.25) is 5.91 Å². The summed E-state index contributed by atoms with van der Waals surface area (Å²) in [5.74, 6) is 0.948. The van der Waals surface area contributed by atoms with Crippen molar-refractivity contribution in [3.05, 3.63) is 45.9 Å². The number of thiazole rings is 1. The van der Waals surface area contributed by atoms with E-state index in [-0.39, 0.29) is 35.0 Å². The summed E-state index contributed by atoms with van der Waals surface area (Å²) >= 11 is 3.67. The first-order valence-corrected chi connectivity index (χ1v) is 13.8. The number of aliphatic hydroxyl groups is 1. The van der Waals surface area contributed by atoms with Gasteiger partial charge in [-0.25, -0.2) is 4.98 Å². The molecular formula is C26H36N2O3S2. The number of ether oxygens (including phenoxy) is 1. The molecule has 0 aliphatic heterocycles. The minimum atomic E-state index is -0.501. The van der Waals surface area contributed by atoms with Crippen molar-refractivity contribution in [3.63, 3.8) is 0 Å². The lowest BCUT2D eigenvalue weighted by molar-refractivity contribution is -0.135. The van der Waals surface area contributed by atoms with E-state index in [1.165, 1.54) is 20.5 Å². The first kappa shape index (κ1) is 24.7. The van der Waals surface area contributed by atoms with E-state index in [1.54, 1.807) is 7.11 Å². The number of thioether (sulfide) groups is 1. The van der Waals surface area contributed by atoms with Gasteiger partial charge in [0.1, 0.15) is 5.01 Å². The predicted octanol–water partition coefficient (Wildman–Crippen LogP) is 4.89. The van der Waals surface area contributed by atoms with Gasteiger partial charge in [-0.3, -0.25) is 4.79 Å². The van der Waals surface area contributed by atoms with Crippen molar-refractivity contribution in [2.45, 2.75) is 62.7 Å². The fraction of sp³-hybridized carbons (Fsp3) is 0.615. The van der Waals surface area contributed by atoms with Gasteiger partial charge in [-0.05, 0) is 48.6 Å². The maximum Gasteiger partial charge on any atom is 0.223 e. The Balaban J connectivity index is 1.48. The Labute approximate surface area is 205 Å². The zero-order valence-corrected chi connectivity index (χ0v) is 21.7. The summed E-state index contributed by atoms with van der Waals surface area (Å²) < 4.78 is 5.04. The topological polar surface area (TPSA) is 71.5 Å². The quantitative estimate of drug-likeness (QED) is 0.409. The van der Waals surface area contributed by atoms with E-state index in [2.05, 4.69) is 43.4 Å². The van der Waals surface area contributed by atoms with Gasteiger partial charge in [0, 0.05) is 35.3 Å². The number of fused-ring (bicyclic) bond motifs is 2. The molecule has 180 valence electrons. The summed E-state index contributed by atoms with van der Waals surface area (Å²) in [7, 11) is 1.63. The largest absolute Gasteiger partial charge is 0.392 e. The Morgan fingerprint density at radius 1 is 1.39 bits per heavy atom. The van der Waals surface area contributed by atoms with Crippen molar-refractivity contribution in [1.82, 2.24) is 10.3 Å². The molecule has 1 unspecified atom stereocenters. The Morgan fingerprint density at radius 2 is 2.15 bits per heavy atom. The normalized spacial score (nSPS) is 29.7. The zero-order valence-electron chi connectivity index (χ0n) is 20.0. The lowest BCUT2D eigenvalue weighted by Crippen LogP contribution is -2.53. The van der Waals surface area contributed by atoms with Gasteiger partial charge in [0.05, 0.1) is 24.2 Å². The number of aliphatic hydroxyl groups excluding tert-OH is 1. The van der Waals surface area contributed by atoms with Crippen molar-refractivity contribution >= 4 is 29.0 Å². The van der Waals surface area contributed by atoms with E-state index >= 15 is 0 Å². The molecule has 7 heteroatoms. The van der Waals surface area contributed by atoms with Crippen LogP contribution in [-0.2, 0) is 21.7 Å². The number of carbonyl (C=O) groups excluding carboxylic acids is 1. The standard InChI is InChI=1S/C26H36N2O3S2/c1-16(25(30)27-12-13-31-4)19-10-11-26(3)14-20-23(17(2)22(26)24(19)29)28-21(33-20)15-32-18-8-6-5-7-9-18/h5-9,16-17,19,22,24,29H,10-15H2,1-4H3,(H,27,30)/t16-,17-,19?,22+,24-,26-/m0/s1. The first-order valence-electron chi connectivity index (χ1n) is 11.9. The SMILES string of the molecule is COCCNC(=O)[C@@H](C)C1CC[C@@]2(C)Cc3sc(CSc4ccccc4)nc3[C@@H](C)[C@@H]2[C@H]1O. The molecule has 1 aromatic carbocycles. The van der Waals surface area contributed by atoms with E-state index in [0.29, 0.717) is 13.2 Å². The second-order valence-electron chi connectivity index (χ2n) is 9.93. The molecular weight excluding hydrogens is 452 g/mol. The number of methoxy groups -OCH3 is 1. The number of amides is 1. The third-order valence-electron chi connectivity index (χ3n) is 7.73. The molecule has 5 nitrogen and oxygen atoms in total. The minimum Gasteiger partial charge on any atom is -0.392 e. The number of aromatic nitrogens is 1.